The summed E-state index contributed by atoms with van der Waals surface area (Å²) in [6.45, 7) is 4.01. The molecule has 0 radical (unpaired) electrons. The van der Waals surface area contributed by atoms with Crippen LogP contribution in [0.1, 0.15) is 40.0 Å². The third-order valence-corrected chi connectivity index (χ3v) is 7.03. The fourth-order valence-electron chi connectivity index (χ4n) is 3.43. The van der Waals surface area contributed by atoms with Crippen molar-refractivity contribution < 1.29 is 4.79 Å². The van der Waals surface area contributed by atoms with Crippen LogP contribution in [0.5, 0.6) is 0 Å². The zero-order chi connectivity index (χ0) is 20.4. The highest BCUT2D eigenvalue weighted by Gasteiger charge is 2.22. The van der Waals surface area contributed by atoms with E-state index in [0.717, 1.165) is 48.1 Å². The average Bonchev–Trinajstić information content (AvgIpc) is 3.32. The van der Waals surface area contributed by atoms with E-state index in [2.05, 4.69) is 26.9 Å². The molecule has 4 rings (SSSR count). The SMILES string of the molecule is Cc1ccc(C)c(-n2nnnc2SCC(=O)Nc2sc3c(c2C#N)CCCC3)c1. The van der Waals surface area contributed by atoms with Crippen LogP contribution in [-0.4, -0.2) is 31.9 Å². The fraction of sp³-hybridized carbons (Fsp3) is 0.350. The maximum Gasteiger partial charge on any atom is 0.235 e. The van der Waals surface area contributed by atoms with Gasteiger partial charge in [0.15, 0.2) is 0 Å². The number of nitriles is 1. The smallest absolute Gasteiger partial charge is 0.235 e. The Morgan fingerprint density at radius 2 is 2.17 bits per heavy atom. The molecule has 0 unspecified atom stereocenters. The lowest BCUT2D eigenvalue weighted by molar-refractivity contribution is -0.113. The van der Waals surface area contributed by atoms with E-state index in [9.17, 15) is 10.1 Å². The van der Waals surface area contributed by atoms with Crippen LogP contribution in [0.25, 0.3) is 5.69 Å². The minimum atomic E-state index is -0.166. The molecule has 0 aliphatic heterocycles. The summed E-state index contributed by atoms with van der Waals surface area (Å²) < 4.78 is 1.66. The van der Waals surface area contributed by atoms with E-state index >= 15 is 0 Å². The van der Waals surface area contributed by atoms with Gasteiger partial charge in [-0.15, -0.1) is 16.4 Å². The van der Waals surface area contributed by atoms with Crippen LogP contribution in [-0.2, 0) is 17.6 Å². The van der Waals surface area contributed by atoms with Crippen LogP contribution in [0.2, 0.25) is 0 Å². The largest absolute Gasteiger partial charge is 0.316 e. The molecular weight excluding hydrogens is 404 g/mol. The number of anilines is 1. The third-order valence-electron chi connectivity index (χ3n) is 4.90. The molecule has 0 spiro atoms. The van der Waals surface area contributed by atoms with E-state index in [1.807, 2.05) is 32.0 Å². The van der Waals surface area contributed by atoms with Crippen molar-refractivity contribution in [1.82, 2.24) is 20.2 Å². The van der Waals surface area contributed by atoms with Crippen molar-refractivity contribution in [3.8, 4) is 11.8 Å². The molecule has 1 aromatic carbocycles. The second-order valence-electron chi connectivity index (χ2n) is 7.03. The summed E-state index contributed by atoms with van der Waals surface area (Å²) in [7, 11) is 0. The number of thioether (sulfide) groups is 1. The topological polar surface area (TPSA) is 96.5 Å². The minimum absolute atomic E-state index is 0.165. The molecule has 2 aromatic heterocycles. The molecule has 0 saturated heterocycles. The van der Waals surface area contributed by atoms with Crippen molar-refractivity contribution in [3.63, 3.8) is 0 Å². The lowest BCUT2D eigenvalue weighted by Crippen LogP contribution is -2.14. The zero-order valence-electron chi connectivity index (χ0n) is 16.2. The number of fused-ring (bicyclic) bond motifs is 1. The first-order chi connectivity index (χ1) is 14.1. The molecule has 1 amide bonds. The number of nitrogens with one attached hydrogen (secondary N) is 1. The van der Waals surface area contributed by atoms with Gasteiger partial charge in [0.2, 0.25) is 11.1 Å². The number of carbonyl (C=O) groups is 1. The monoisotopic (exact) mass is 424 g/mol. The molecule has 1 N–H and O–H groups in total. The maximum atomic E-state index is 12.5. The average molecular weight is 425 g/mol. The highest BCUT2D eigenvalue weighted by atomic mass is 32.2. The van der Waals surface area contributed by atoms with Gasteiger partial charge in [0, 0.05) is 4.88 Å². The first-order valence-corrected chi connectivity index (χ1v) is 11.2. The normalized spacial score (nSPS) is 13.0. The second-order valence-corrected chi connectivity index (χ2v) is 9.07. The van der Waals surface area contributed by atoms with Crippen LogP contribution in [0.15, 0.2) is 23.4 Å². The van der Waals surface area contributed by atoms with Crippen molar-refractivity contribution in [2.24, 2.45) is 0 Å². The van der Waals surface area contributed by atoms with Gasteiger partial charge in [-0.05, 0) is 72.7 Å². The summed E-state index contributed by atoms with van der Waals surface area (Å²) in [5, 5.41) is 25.6. The zero-order valence-corrected chi connectivity index (χ0v) is 17.9. The van der Waals surface area contributed by atoms with Crippen molar-refractivity contribution in [1.29, 1.82) is 5.26 Å². The Labute approximate surface area is 177 Å². The number of rotatable bonds is 5. The molecule has 1 aliphatic rings. The predicted octanol–water partition coefficient (Wildman–Crippen LogP) is 3.82. The standard InChI is InChI=1S/C20H20N6OS2/c1-12-7-8-13(2)16(9-12)26-20(23-24-25-26)28-11-18(27)22-19-15(10-21)14-5-3-4-6-17(14)29-19/h7-9H,3-6,11H2,1-2H3,(H,22,27). The third kappa shape index (κ3) is 4.04. The van der Waals surface area contributed by atoms with Gasteiger partial charge in [-0.2, -0.15) is 9.94 Å². The van der Waals surface area contributed by atoms with Gasteiger partial charge in [0.05, 0.1) is 17.0 Å². The van der Waals surface area contributed by atoms with Gasteiger partial charge in [-0.25, -0.2) is 0 Å². The van der Waals surface area contributed by atoms with E-state index in [1.54, 1.807) is 4.68 Å². The Morgan fingerprint density at radius 1 is 1.34 bits per heavy atom. The second kappa shape index (κ2) is 8.35. The van der Waals surface area contributed by atoms with Crippen LogP contribution in [0, 0.1) is 25.2 Å². The molecule has 0 saturated carbocycles. The number of amides is 1. The fourth-order valence-corrected chi connectivity index (χ4v) is 5.37. The lowest BCUT2D eigenvalue weighted by atomic mass is 9.96. The molecule has 0 atom stereocenters. The Hall–Kier alpha value is -2.70. The highest BCUT2D eigenvalue weighted by Crippen LogP contribution is 2.37. The lowest BCUT2D eigenvalue weighted by Gasteiger charge is -2.09. The van der Waals surface area contributed by atoms with Crippen molar-refractivity contribution in [2.75, 3.05) is 11.1 Å². The number of benzene rings is 1. The molecule has 0 fully saturated rings. The first-order valence-electron chi connectivity index (χ1n) is 9.40. The number of thiophene rings is 1. The number of aryl methyl sites for hydroxylation is 3. The molecular formula is C20H20N6OS2. The molecule has 29 heavy (non-hydrogen) atoms. The van der Waals surface area contributed by atoms with Crippen LogP contribution in [0.4, 0.5) is 5.00 Å². The number of tetrazole rings is 1. The van der Waals surface area contributed by atoms with Crippen LogP contribution < -0.4 is 5.32 Å². The number of carbonyl (C=O) groups excluding carboxylic acids is 1. The summed E-state index contributed by atoms with van der Waals surface area (Å²) in [4.78, 5) is 13.8. The summed E-state index contributed by atoms with van der Waals surface area (Å²) in [5.74, 6) is -0.000752. The van der Waals surface area contributed by atoms with Crippen molar-refractivity contribution >= 4 is 34.0 Å². The molecule has 7 nitrogen and oxygen atoms in total. The Balaban J connectivity index is 1.47. The number of hydrogen-bond donors (Lipinski definition) is 1. The molecule has 3 aromatic rings. The Bertz CT molecular complexity index is 1110. The summed E-state index contributed by atoms with van der Waals surface area (Å²) in [5.41, 5.74) is 4.81. The van der Waals surface area contributed by atoms with Crippen molar-refractivity contribution in [2.45, 2.75) is 44.7 Å². The minimum Gasteiger partial charge on any atom is -0.316 e. The molecule has 148 valence electrons. The van der Waals surface area contributed by atoms with Crippen LogP contribution >= 0.6 is 23.1 Å². The summed E-state index contributed by atoms with van der Waals surface area (Å²) >= 11 is 2.81. The highest BCUT2D eigenvalue weighted by molar-refractivity contribution is 7.99. The number of aromatic nitrogens is 4. The van der Waals surface area contributed by atoms with Gasteiger partial charge >= 0.3 is 0 Å². The summed E-state index contributed by atoms with van der Waals surface area (Å²) in [6.07, 6.45) is 4.15. The van der Waals surface area contributed by atoms with Crippen LogP contribution in [0.3, 0.4) is 0 Å². The Kier molecular flexibility index (Phi) is 5.65. The maximum absolute atomic E-state index is 12.5. The molecule has 2 heterocycles. The number of nitrogens with zero attached hydrogens (tertiary/aromatic N) is 5. The van der Waals surface area contributed by atoms with Gasteiger partial charge in [-0.3, -0.25) is 4.79 Å². The van der Waals surface area contributed by atoms with Crippen molar-refractivity contribution in [3.05, 3.63) is 45.3 Å². The molecule has 1 aliphatic carbocycles. The van der Waals surface area contributed by atoms with E-state index in [0.29, 0.717) is 15.7 Å². The Morgan fingerprint density at radius 3 is 3.00 bits per heavy atom. The van der Waals surface area contributed by atoms with E-state index in [-0.39, 0.29) is 11.7 Å². The van der Waals surface area contributed by atoms with Gasteiger partial charge < -0.3 is 5.32 Å². The molecule has 9 heteroatoms. The van der Waals surface area contributed by atoms with E-state index < -0.39 is 0 Å². The number of hydrogen-bond acceptors (Lipinski definition) is 7. The van der Waals surface area contributed by atoms with Gasteiger partial charge in [-0.1, -0.05) is 23.9 Å². The summed E-state index contributed by atoms with van der Waals surface area (Å²) in [6, 6.07) is 8.35. The predicted molar refractivity (Wildman–Crippen MR) is 114 cm³/mol. The van der Waals surface area contributed by atoms with Gasteiger partial charge in [0.25, 0.3) is 0 Å². The van der Waals surface area contributed by atoms with E-state index in [4.69, 9.17) is 0 Å². The van der Waals surface area contributed by atoms with Gasteiger partial charge in [0.1, 0.15) is 11.1 Å². The first kappa shape index (κ1) is 19.6. The quantitative estimate of drug-likeness (QED) is 0.626. The van der Waals surface area contributed by atoms with E-state index in [1.165, 1.54) is 28.0 Å². The molecule has 0 bridgehead atoms.